The van der Waals surface area contributed by atoms with Crippen molar-refractivity contribution in [1.29, 1.82) is 5.26 Å². The quantitative estimate of drug-likeness (QED) is 0.675. The number of aryl methyl sites for hydroxylation is 1. The van der Waals surface area contributed by atoms with Gasteiger partial charge in [-0.3, -0.25) is 4.57 Å². The van der Waals surface area contributed by atoms with E-state index in [9.17, 15) is 0 Å². The molecule has 1 aromatic carbocycles. The van der Waals surface area contributed by atoms with Crippen LogP contribution in [0.15, 0.2) is 52.2 Å². The Labute approximate surface area is 132 Å². The molecule has 2 heterocycles. The molecule has 110 valence electrons. The molecule has 0 spiro atoms. The predicted molar refractivity (Wildman–Crippen MR) is 84.3 cm³/mol. The van der Waals surface area contributed by atoms with E-state index in [-0.39, 0.29) is 0 Å². The molecule has 0 bridgehead atoms. The second kappa shape index (κ2) is 6.50. The summed E-state index contributed by atoms with van der Waals surface area (Å²) >= 11 is 1.38. The minimum absolute atomic E-state index is 0.337. The molecule has 3 aromatic rings. The number of nitriles is 1. The van der Waals surface area contributed by atoms with Crippen LogP contribution in [0.4, 0.5) is 0 Å². The molecule has 0 unspecified atom stereocenters. The molecule has 0 aliphatic rings. The molecule has 0 aliphatic carbocycles. The van der Waals surface area contributed by atoms with Crippen molar-refractivity contribution in [3.63, 3.8) is 0 Å². The van der Waals surface area contributed by atoms with Gasteiger partial charge in [0.25, 0.3) is 0 Å². The van der Waals surface area contributed by atoms with Crippen LogP contribution in [0.1, 0.15) is 11.3 Å². The summed E-state index contributed by atoms with van der Waals surface area (Å²) in [5.74, 6) is 1.95. The lowest BCUT2D eigenvalue weighted by Gasteiger charge is -2.09. The van der Waals surface area contributed by atoms with Gasteiger partial charge in [0.2, 0.25) is 0 Å². The minimum atomic E-state index is 0.337. The molecule has 0 amide bonds. The lowest BCUT2D eigenvalue weighted by Crippen LogP contribution is -2.04. The SMILES string of the molecule is Cc1ccccc1-c1nnc(SCC#N)n1Cc1ccco1. The van der Waals surface area contributed by atoms with Crippen molar-refractivity contribution >= 4 is 11.8 Å². The summed E-state index contributed by atoms with van der Waals surface area (Å²) in [6.45, 7) is 2.58. The van der Waals surface area contributed by atoms with Crippen molar-refractivity contribution < 1.29 is 4.42 Å². The molecular weight excluding hydrogens is 296 g/mol. The van der Waals surface area contributed by atoms with Crippen LogP contribution in [0.25, 0.3) is 11.4 Å². The van der Waals surface area contributed by atoms with E-state index in [4.69, 9.17) is 9.68 Å². The van der Waals surface area contributed by atoms with Gasteiger partial charge in [-0.25, -0.2) is 0 Å². The molecule has 0 saturated carbocycles. The van der Waals surface area contributed by atoms with Crippen LogP contribution in [0.5, 0.6) is 0 Å². The van der Waals surface area contributed by atoms with E-state index in [1.807, 2.05) is 47.9 Å². The lowest BCUT2D eigenvalue weighted by molar-refractivity contribution is 0.485. The molecule has 0 saturated heterocycles. The fraction of sp³-hybridized carbons (Fsp3) is 0.188. The number of hydrogen-bond donors (Lipinski definition) is 0. The van der Waals surface area contributed by atoms with Crippen molar-refractivity contribution in [2.75, 3.05) is 5.75 Å². The van der Waals surface area contributed by atoms with Gasteiger partial charge in [-0.05, 0) is 24.6 Å². The monoisotopic (exact) mass is 310 g/mol. The Morgan fingerprint density at radius 1 is 1.23 bits per heavy atom. The van der Waals surface area contributed by atoms with Crippen LogP contribution in [-0.2, 0) is 6.54 Å². The molecule has 3 rings (SSSR count). The normalized spacial score (nSPS) is 10.5. The Bertz CT molecular complexity index is 802. The molecular formula is C16H14N4OS. The van der Waals surface area contributed by atoms with E-state index in [1.54, 1.807) is 6.26 Å². The Morgan fingerprint density at radius 3 is 2.82 bits per heavy atom. The van der Waals surface area contributed by atoms with Gasteiger partial charge in [-0.1, -0.05) is 36.0 Å². The zero-order valence-corrected chi connectivity index (χ0v) is 12.9. The van der Waals surface area contributed by atoms with Crippen LogP contribution in [0.2, 0.25) is 0 Å². The van der Waals surface area contributed by atoms with Crippen molar-refractivity contribution in [3.8, 4) is 17.5 Å². The van der Waals surface area contributed by atoms with E-state index >= 15 is 0 Å². The van der Waals surface area contributed by atoms with Crippen LogP contribution in [-0.4, -0.2) is 20.5 Å². The third kappa shape index (κ3) is 2.90. The third-order valence-electron chi connectivity index (χ3n) is 3.26. The first-order chi connectivity index (χ1) is 10.8. The highest BCUT2D eigenvalue weighted by atomic mass is 32.2. The Kier molecular flexibility index (Phi) is 4.26. The molecule has 0 atom stereocenters. The maximum Gasteiger partial charge on any atom is 0.192 e. The topological polar surface area (TPSA) is 67.6 Å². The first kappa shape index (κ1) is 14.4. The largest absolute Gasteiger partial charge is 0.467 e. The van der Waals surface area contributed by atoms with Crippen LogP contribution in [0, 0.1) is 18.3 Å². The smallest absolute Gasteiger partial charge is 0.192 e. The standard InChI is InChI=1S/C16H14N4OS/c1-12-5-2-3-7-14(12)15-18-19-16(22-10-8-17)20(15)11-13-6-4-9-21-13/h2-7,9H,10-11H2,1H3. The maximum atomic E-state index is 8.80. The summed E-state index contributed by atoms with van der Waals surface area (Å²) in [5.41, 5.74) is 2.16. The van der Waals surface area contributed by atoms with Crippen molar-refractivity contribution in [2.45, 2.75) is 18.6 Å². The van der Waals surface area contributed by atoms with E-state index in [1.165, 1.54) is 11.8 Å². The second-order valence-corrected chi connectivity index (χ2v) is 5.68. The van der Waals surface area contributed by atoms with Gasteiger partial charge < -0.3 is 4.42 Å². The van der Waals surface area contributed by atoms with Gasteiger partial charge in [0.05, 0.1) is 24.6 Å². The lowest BCUT2D eigenvalue weighted by atomic mass is 10.1. The molecule has 0 N–H and O–H groups in total. The highest BCUT2D eigenvalue weighted by Crippen LogP contribution is 2.27. The second-order valence-electron chi connectivity index (χ2n) is 4.73. The van der Waals surface area contributed by atoms with E-state index in [0.29, 0.717) is 12.3 Å². The summed E-state index contributed by atoms with van der Waals surface area (Å²) in [5, 5.41) is 18.1. The minimum Gasteiger partial charge on any atom is -0.467 e. The fourth-order valence-corrected chi connectivity index (χ4v) is 2.82. The average Bonchev–Trinajstić information content (AvgIpc) is 3.17. The molecule has 5 nitrogen and oxygen atoms in total. The number of thioether (sulfide) groups is 1. The van der Waals surface area contributed by atoms with Crippen LogP contribution < -0.4 is 0 Å². The van der Waals surface area contributed by atoms with Gasteiger partial charge in [0.1, 0.15) is 5.76 Å². The zero-order valence-electron chi connectivity index (χ0n) is 12.1. The average molecular weight is 310 g/mol. The van der Waals surface area contributed by atoms with Crippen LogP contribution in [0.3, 0.4) is 0 Å². The summed E-state index contributed by atoms with van der Waals surface area (Å²) < 4.78 is 7.43. The first-order valence-corrected chi connectivity index (χ1v) is 7.79. The molecule has 0 radical (unpaired) electrons. The van der Waals surface area contributed by atoms with Crippen molar-refractivity contribution in [2.24, 2.45) is 0 Å². The predicted octanol–water partition coefficient (Wildman–Crippen LogP) is 3.51. The number of hydrogen-bond acceptors (Lipinski definition) is 5. The zero-order chi connectivity index (χ0) is 15.4. The summed E-state index contributed by atoms with van der Waals surface area (Å²) in [7, 11) is 0. The van der Waals surface area contributed by atoms with E-state index in [2.05, 4.69) is 16.3 Å². The number of aromatic nitrogens is 3. The third-order valence-corrected chi connectivity index (χ3v) is 4.10. The highest BCUT2D eigenvalue weighted by molar-refractivity contribution is 7.99. The number of rotatable bonds is 5. The van der Waals surface area contributed by atoms with Crippen molar-refractivity contribution in [1.82, 2.24) is 14.8 Å². The fourth-order valence-electron chi connectivity index (χ4n) is 2.22. The van der Waals surface area contributed by atoms with Gasteiger partial charge >= 0.3 is 0 Å². The molecule has 6 heteroatoms. The summed E-state index contributed by atoms with van der Waals surface area (Å²) in [4.78, 5) is 0. The highest BCUT2D eigenvalue weighted by Gasteiger charge is 2.16. The Morgan fingerprint density at radius 2 is 2.09 bits per heavy atom. The molecule has 0 fully saturated rings. The maximum absolute atomic E-state index is 8.80. The summed E-state index contributed by atoms with van der Waals surface area (Å²) in [6.07, 6.45) is 1.65. The number of nitrogens with zero attached hydrogens (tertiary/aromatic N) is 4. The summed E-state index contributed by atoms with van der Waals surface area (Å²) in [6, 6.07) is 13.9. The van der Waals surface area contributed by atoms with E-state index in [0.717, 1.165) is 27.9 Å². The van der Waals surface area contributed by atoms with Gasteiger partial charge in [-0.2, -0.15) is 5.26 Å². The Hall–Kier alpha value is -2.52. The van der Waals surface area contributed by atoms with Gasteiger partial charge in [0.15, 0.2) is 11.0 Å². The molecule has 0 aliphatic heterocycles. The molecule has 22 heavy (non-hydrogen) atoms. The van der Waals surface area contributed by atoms with Gasteiger partial charge in [-0.15, -0.1) is 10.2 Å². The number of benzene rings is 1. The Balaban J connectivity index is 2.04. The number of furan rings is 1. The van der Waals surface area contributed by atoms with E-state index < -0.39 is 0 Å². The first-order valence-electron chi connectivity index (χ1n) is 6.81. The van der Waals surface area contributed by atoms with Crippen LogP contribution >= 0.6 is 11.8 Å². The molecule has 2 aromatic heterocycles. The van der Waals surface area contributed by atoms with Gasteiger partial charge in [0, 0.05) is 5.56 Å². The van der Waals surface area contributed by atoms with Crippen molar-refractivity contribution in [3.05, 3.63) is 54.0 Å².